The lowest BCUT2D eigenvalue weighted by Crippen LogP contribution is -2.40. The molecule has 2 aromatic rings. The molecule has 0 aromatic heterocycles. The number of benzene rings is 2. The molecule has 0 spiro atoms. The number of ether oxygens (including phenoxy) is 2. The molecule has 1 N–H and O–H groups in total. The molecule has 8 heteroatoms. The van der Waals surface area contributed by atoms with Crippen molar-refractivity contribution in [3.05, 3.63) is 48.0 Å². The number of rotatable bonds is 4. The Kier molecular flexibility index (Phi) is 4.99. The molecule has 1 amide bonds. The van der Waals surface area contributed by atoms with Crippen molar-refractivity contribution in [3.63, 3.8) is 0 Å². The van der Waals surface area contributed by atoms with Crippen LogP contribution in [0.2, 0.25) is 0 Å². The van der Waals surface area contributed by atoms with Crippen molar-refractivity contribution in [2.45, 2.75) is 30.8 Å². The summed E-state index contributed by atoms with van der Waals surface area (Å²) >= 11 is 0. The Labute approximate surface area is 164 Å². The third-order valence-electron chi connectivity index (χ3n) is 4.93. The van der Waals surface area contributed by atoms with Crippen LogP contribution in [0.3, 0.4) is 0 Å². The summed E-state index contributed by atoms with van der Waals surface area (Å²) in [5.74, 6) is 1.23. The quantitative estimate of drug-likeness (QED) is 0.847. The third-order valence-corrected chi connectivity index (χ3v) is 6.35. The molecular formula is C20H22N2O5S. The van der Waals surface area contributed by atoms with Crippen LogP contribution in [-0.2, 0) is 21.2 Å². The predicted molar refractivity (Wildman–Crippen MR) is 104 cm³/mol. The summed E-state index contributed by atoms with van der Waals surface area (Å²) < 4.78 is 39.5. The Balaban J connectivity index is 1.46. The molecule has 1 atom stereocenters. The van der Waals surface area contributed by atoms with Crippen LogP contribution in [0.25, 0.3) is 0 Å². The van der Waals surface area contributed by atoms with Crippen molar-refractivity contribution in [2.24, 2.45) is 0 Å². The highest BCUT2D eigenvalue weighted by molar-refractivity contribution is 7.89. The summed E-state index contributed by atoms with van der Waals surface area (Å²) in [5, 5.41) is 0. The number of sulfonamides is 1. The molecule has 2 aliphatic heterocycles. The number of amides is 1. The highest BCUT2D eigenvalue weighted by Gasteiger charge is 2.25. The molecule has 148 valence electrons. The maximum atomic E-state index is 12.7. The van der Waals surface area contributed by atoms with Crippen molar-refractivity contribution < 1.29 is 22.7 Å². The van der Waals surface area contributed by atoms with E-state index in [1.165, 1.54) is 13.0 Å². The van der Waals surface area contributed by atoms with E-state index in [2.05, 4.69) is 4.72 Å². The molecule has 2 heterocycles. The minimum atomic E-state index is -3.70. The van der Waals surface area contributed by atoms with Crippen LogP contribution in [0.4, 0.5) is 5.69 Å². The van der Waals surface area contributed by atoms with E-state index < -0.39 is 16.1 Å². The van der Waals surface area contributed by atoms with Crippen molar-refractivity contribution in [1.82, 2.24) is 4.72 Å². The molecule has 0 radical (unpaired) electrons. The second-order valence-corrected chi connectivity index (χ2v) is 8.68. The van der Waals surface area contributed by atoms with E-state index in [9.17, 15) is 13.2 Å². The second-order valence-electron chi connectivity index (χ2n) is 6.91. The third kappa shape index (κ3) is 3.70. The zero-order valence-electron chi connectivity index (χ0n) is 15.6. The van der Waals surface area contributed by atoms with Crippen LogP contribution >= 0.6 is 0 Å². The SMILES string of the molecule is CC(=O)N1CCCc2cc(S(=O)(=O)NC[C@@H]3COc4ccccc4O3)ccc21. The second kappa shape index (κ2) is 7.44. The number of nitrogens with zero attached hydrogens (tertiary/aromatic N) is 1. The average molecular weight is 402 g/mol. The number of para-hydroxylation sites is 2. The minimum Gasteiger partial charge on any atom is -0.486 e. The van der Waals surface area contributed by atoms with Gasteiger partial charge in [0.05, 0.1) is 11.4 Å². The van der Waals surface area contributed by atoms with Gasteiger partial charge in [-0.15, -0.1) is 0 Å². The summed E-state index contributed by atoms with van der Waals surface area (Å²) in [4.78, 5) is 13.7. The summed E-state index contributed by atoms with van der Waals surface area (Å²) in [6.45, 7) is 2.56. The fourth-order valence-electron chi connectivity index (χ4n) is 3.52. The monoisotopic (exact) mass is 402 g/mol. The first-order valence-corrected chi connectivity index (χ1v) is 10.7. The summed E-state index contributed by atoms with van der Waals surface area (Å²) in [5.41, 5.74) is 1.66. The zero-order chi connectivity index (χ0) is 19.7. The number of hydrogen-bond acceptors (Lipinski definition) is 5. The molecule has 2 aromatic carbocycles. The van der Waals surface area contributed by atoms with Gasteiger partial charge in [-0.2, -0.15) is 0 Å². The molecule has 28 heavy (non-hydrogen) atoms. The summed E-state index contributed by atoms with van der Waals surface area (Å²) in [6, 6.07) is 12.2. The van der Waals surface area contributed by atoms with Gasteiger partial charge in [-0.25, -0.2) is 13.1 Å². The average Bonchev–Trinajstić information content (AvgIpc) is 2.71. The lowest BCUT2D eigenvalue weighted by Gasteiger charge is -2.29. The topological polar surface area (TPSA) is 84.9 Å². The fraction of sp³-hybridized carbons (Fsp3) is 0.350. The number of carbonyl (C=O) groups excluding carboxylic acids is 1. The van der Waals surface area contributed by atoms with Gasteiger partial charge in [-0.3, -0.25) is 4.79 Å². The molecular weight excluding hydrogens is 380 g/mol. The Morgan fingerprint density at radius 2 is 2.00 bits per heavy atom. The van der Waals surface area contributed by atoms with E-state index in [-0.39, 0.29) is 24.0 Å². The van der Waals surface area contributed by atoms with E-state index in [1.54, 1.807) is 23.1 Å². The van der Waals surface area contributed by atoms with Crippen molar-refractivity contribution in [2.75, 3.05) is 24.6 Å². The zero-order valence-corrected chi connectivity index (χ0v) is 16.4. The van der Waals surface area contributed by atoms with Gasteiger partial charge in [-0.05, 0) is 48.7 Å². The molecule has 0 aliphatic carbocycles. The summed E-state index contributed by atoms with van der Waals surface area (Å²) in [6.07, 6.45) is 1.16. The van der Waals surface area contributed by atoms with Gasteiger partial charge >= 0.3 is 0 Å². The van der Waals surface area contributed by atoms with Gasteiger partial charge in [0.25, 0.3) is 0 Å². The van der Waals surface area contributed by atoms with Crippen LogP contribution in [-0.4, -0.2) is 40.1 Å². The van der Waals surface area contributed by atoms with Crippen LogP contribution in [0, 0.1) is 0 Å². The molecule has 0 saturated carbocycles. The van der Waals surface area contributed by atoms with Crippen LogP contribution in [0.15, 0.2) is 47.4 Å². The van der Waals surface area contributed by atoms with E-state index in [1.807, 2.05) is 18.2 Å². The molecule has 2 aliphatic rings. The molecule has 0 bridgehead atoms. The maximum Gasteiger partial charge on any atom is 0.240 e. The maximum absolute atomic E-state index is 12.7. The number of carbonyl (C=O) groups is 1. The molecule has 0 fully saturated rings. The Morgan fingerprint density at radius 1 is 1.21 bits per heavy atom. The minimum absolute atomic E-state index is 0.0376. The fourth-order valence-corrected chi connectivity index (χ4v) is 4.63. The smallest absolute Gasteiger partial charge is 0.240 e. The van der Waals surface area contributed by atoms with Gasteiger partial charge in [0.15, 0.2) is 11.5 Å². The van der Waals surface area contributed by atoms with Gasteiger partial charge in [0.1, 0.15) is 12.7 Å². The van der Waals surface area contributed by atoms with E-state index >= 15 is 0 Å². The first-order valence-electron chi connectivity index (χ1n) is 9.23. The van der Waals surface area contributed by atoms with E-state index in [0.29, 0.717) is 18.0 Å². The van der Waals surface area contributed by atoms with E-state index in [4.69, 9.17) is 9.47 Å². The Morgan fingerprint density at radius 3 is 2.79 bits per heavy atom. The van der Waals surface area contributed by atoms with Crippen molar-refractivity contribution >= 4 is 21.6 Å². The van der Waals surface area contributed by atoms with Crippen LogP contribution in [0.1, 0.15) is 18.9 Å². The van der Waals surface area contributed by atoms with Gasteiger partial charge in [0, 0.05) is 19.2 Å². The van der Waals surface area contributed by atoms with Crippen molar-refractivity contribution in [1.29, 1.82) is 0 Å². The first-order chi connectivity index (χ1) is 13.4. The van der Waals surface area contributed by atoms with Gasteiger partial charge in [-0.1, -0.05) is 12.1 Å². The first kappa shape index (κ1) is 18.8. The standard InChI is InChI=1S/C20H22N2O5S/c1-14(23)22-10-4-5-15-11-17(8-9-18(15)22)28(24,25)21-12-16-13-26-19-6-2-3-7-20(19)27-16/h2-3,6-9,11,16,21H,4-5,10,12-13H2,1H3/t16-/m1/s1. The Bertz CT molecular complexity index is 1010. The highest BCUT2D eigenvalue weighted by atomic mass is 32.2. The van der Waals surface area contributed by atoms with Crippen molar-refractivity contribution in [3.8, 4) is 11.5 Å². The summed E-state index contributed by atoms with van der Waals surface area (Å²) in [7, 11) is -3.70. The normalized spacial score (nSPS) is 18.5. The number of aryl methyl sites for hydroxylation is 1. The largest absolute Gasteiger partial charge is 0.486 e. The van der Waals surface area contributed by atoms with Gasteiger partial charge in [0.2, 0.25) is 15.9 Å². The predicted octanol–water partition coefficient (Wildman–Crippen LogP) is 2.10. The highest BCUT2D eigenvalue weighted by Crippen LogP contribution is 2.31. The van der Waals surface area contributed by atoms with Crippen LogP contribution in [0.5, 0.6) is 11.5 Å². The molecule has 0 unspecified atom stereocenters. The number of hydrogen-bond donors (Lipinski definition) is 1. The molecule has 7 nitrogen and oxygen atoms in total. The molecule has 4 rings (SSSR count). The Hall–Kier alpha value is -2.58. The van der Waals surface area contributed by atoms with Crippen LogP contribution < -0.4 is 19.1 Å². The molecule has 0 saturated heterocycles. The number of nitrogens with one attached hydrogen (secondary N) is 1. The lowest BCUT2D eigenvalue weighted by atomic mass is 10.0. The number of fused-ring (bicyclic) bond motifs is 2. The van der Waals surface area contributed by atoms with Gasteiger partial charge < -0.3 is 14.4 Å². The van der Waals surface area contributed by atoms with E-state index in [0.717, 1.165) is 24.1 Å². The number of anilines is 1. The lowest BCUT2D eigenvalue weighted by molar-refractivity contribution is -0.116.